The van der Waals surface area contributed by atoms with Gasteiger partial charge in [0.15, 0.2) is 0 Å². The Morgan fingerprint density at radius 3 is 2.73 bits per heavy atom. The molecule has 0 aromatic heterocycles. The molecule has 5 heteroatoms. The van der Waals surface area contributed by atoms with Crippen LogP contribution in [0.2, 0.25) is 0 Å². The van der Waals surface area contributed by atoms with Crippen LogP contribution in [0.25, 0.3) is 0 Å². The van der Waals surface area contributed by atoms with Crippen LogP contribution in [-0.4, -0.2) is 44.6 Å². The van der Waals surface area contributed by atoms with Crippen molar-refractivity contribution in [3.05, 3.63) is 0 Å². The largest absolute Gasteiger partial charge is 0.394 e. The van der Waals surface area contributed by atoms with Gasteiger partial charge in [-0.15, -0.1) is 0 Å². The van der Waals surface area contributed by atoms with Crippen LogP contribution in [0.3, 0.4) is 0 Å². The third kappa shape index (κ3) is 4.58. The molecular formula is C6H14N2O3. The predicted octanol–water partition coefficient (Wildman–Crippen LogP) is -1.08. The van der Waals surface area contributed by atoms with E-state index in [1.165, 1.54) is 14.2 Å². The van der Waals surface area contributed by atoms with Crippen molar-refractivity contribution in [1.82, 2.24) is 10.6 Å². The minimum atomic E-state index is -0.333. The van der Waals surface area contributed by atoms with Gasteiger partial charge in [0.25, 0.3) is 0 Å². The summed E-state index contributed by atoms with van der Waals surface area (Å²) in [6.07, 6.45) is 0. The maximum absolute atomic E-state index is 10.7. The van der Waals surface area contributed by atoms with Gasteiger partial charge in [0.05, 0.1) is 19.3 Å². The lowest BCUT2D eigenvalue weighted by Gasteiger charge is -2.14. The minimum Gasteiger partial charge on any atom is -0.394 e. The second-order valence-electron chi connectivity index (χ2n) is 2.06. The van der Waals surface area contributed by atoms with Crippen molar-refractivity contribution in [3.63, 3.8) is 0 Å². The fourth-order valence-electron chi connectivity index (χ4n) is 0.599. The maximum atomic E-state index is 10.7. The zero-order valence-electron chi connectivity index (χ0n) is 6.76. The van der Waals surface area contributed by atoms with E-state index >= 15 is 0 Å². The molecule has 1 atom stereocenters. The summed E-state index contributed by atoms with van der Waals surface area (Å²) in [6, 6.07) is -0.652. The van der Waals surface area contributed by atoms with Crippen LogP contribution in [0, 0.1) is 0 Å². The van der Waals surface area contributed by atoms with Gasteiger partial charge in [-0.3, -0.25) is 0 Å². The van der Waals surface area contributed by atoms with Crippen molar-refractivity contribution < 1.29 is 14.6 Å². The van der Waals surface area contributed by atoms with Crippen LogP contribution in [-0.2, 0) is 4.74 Å². The Labute approximate surface area is 65.7 Å². The van der Waals surface area contributed by atoms with Crippen LogP contribution >= 0.6 is 0 Å². The van der Waals surface area contributed by atoms with Gasteiger partial charge in [-0.25, -0.2) is 4.79 Å². The smallest absolute Gasteiger partial charge is 0.314 e. The van der Waals surface area contributed by atoms with Gasteiger partial charge in [-0.05, 0) is 0 Å². The lowest BCUT2D eigenvalue weighted by molar-refractivity contribution is 0.131. The third-order valence-corrected chi connectivity index (χ3v) is 1.15. The topological polar surface area (TPSA) is 70.6 Å². The SMILES string of the molecule is CNC(=O)N[C@@H](CO)COC. The molecule has 0 aliphatic rings. The molecule has 0 radical (unpaired) electrons. The Balaban J connectivity index is 3.58. The van der Waals surface area contributed by atoms with Crippen LogP contribution < -0.4 is 10.6 Å². The van der Waals surface area contributed by atoms with Gasteiger partial charge in [-0.1, -0.05) is 0 Å². The van der Waals surface area contributed by atoms with E-state index in [0.717, 1.165) is 0 Å². The molecule has 0 rings (SSSR count). The summed E-state index contributed by atoms with van der Waals surface area (Å²) in [5.41, 5.74) is 0. The van der Waals surface area contributed by atoms with E-state index < -0.39 is 0 Å². The number of urea groups is 1. The van der Waals surface area contributed by atoms with Crippen LogP contribution in [0.4, 0.5) is 4.79 Å². The minimum absolute atomic E-state index is 0.124. The lowest BCUT2D eigenvalue weighted by Crippen LogP contribution is -2.44. The number of nitrogens with one attached hydrogen (secondary N) is 2. The Kier molecular flexibility index (Phi) is 5.50. The molecule has 0 aliphatic heterocycles. The number of hydrogen-bond acceptors (Lipinski definition) is 3. The fourth-order valence-corrected chi connectivity index (χ4v) is 0.599. The number of amides is 2. The Bertz CT molecular complexity index is 118. The van der Waals surface area contributed by atoms with Crippen molar-refractivity contribution in [3.8, 4) is 0 Å². The fraction of sp³-hybridized carbons (Fsp3) is 0.833. The first-order valence-electron chi connectivity index (χ1n) is 3.32. The van der Waals surface area contributed by atoms with E-state index in [1.54, 1.807) is 0 Å². The standard InChI is InChI=1S/C6H14N2O3/c1-7-6(10)8-5(3-9)4-11-2/h5,9H,3-4H2,1-2H3,(H2,7,8,10)/t5-/m0/s1. The molecule has 0 saturated heterocycles. The van der Waals surface area contributed by atoms with Crippen molar-refractivity contribution >= 4 is 6.03 Å². The van der Waals surface area contributed by atoms with Gasteiger partial charge in [0.2, 0.25) is 0 Å². The molecule has 2 amide bonds. The highest BCUT2D eigenvalue weighted by molar-refractivity contribution is 5.73. The number of rotatable bonds is 4. The maximum Gasteiger partial charge on any atom is 0.314 e. The van der Waals surface area contributed by atoms with E-state index in [2.05, 4.69) is 10.6 Å². The van der Waals surface area contributed by atoms with E-state index in [0.29, 0.717) is 6.61 Å². The number of aliphatic hydroxyl groups excluding tert-OH is 1. The van der Waals surface area contributed by atoms with Crippen molar-refractivity contribution in [1.29, 1.82) is 0 Å². The molecule has 0 bridgehead atoms. The molecule has 11 heavy (non-hydrogen) atoms. The van der Waals surface area contributed by atoms with Crippen LogP contribution in [0.15, 0.2) is 0 Å². The molecule has 66 valence electrons. The summed E-state index contributed by atoms with van der Waals surface area (Å²) in [7, 11) is 3.02. The van der Waals surface area contributed by atoms with Gasteiger partial charge in [0, 0.05) is 14.2 Å². The lowest BCUT2D eigenvalue weighted by atomic mass is 10.3. The summed E-state index contributed by atoms with van der Waals surface area (Å²) in [5, 5.41) is 13.5. The van der Waals surface area contributed by atoms with Crippen LogP contribution in [0.5, 0.6) is 0 Å². The first kappa shape index (κ1) is 10.2. The average molecular weight is 162 g/mol. The summed E-state index contributed by atoms with van der Waals surface area (Å²) in [4.78, 5) is 10.7. The van der Waals surface area contributed by atoms with Crippen molar-refractivity contribution in [2.45, 2.75) is 6.04 Å². The quantitative estimate of drug-likeness (QED) is 0.492. The van der Waals surface area contributed by atoms with E-state index in [9.17, 15) is 4.79 Å². The average Bonchev–Trinajstić information content (AvgIpc) is 2.03. The number of carbonyl (C=O) groups excluding carboxylic acids is 1. The summed E-state index contributed by atoms with van der Waals surface area (Å²) < 4.78 is 4.74. The summed E-state index contributed by atoms with van der Waals surface area (Å²) in [6.45, 7) is 0.186. The molecule has 0 fully saturated rings. The molecule has 5 nitrogen and oxygen atoms in total. The molecule has 0 unspecified atom stereocenters. The summed E-state index contributed by atoms with van der Waals surface area (Å²) in [5.74, 6) is 0. The molecule has 0 spiro atoms. The highest BCUT2D eigenvalue weighted by Gasteiger charge is 2.08. The number of ether oxygens (including phenoxy) is 1. The monoisotopic (exact) mass is 162 g/mol. The number of aliphatic hydroxyl groups is 1. The number of methoxy groups -OCH3 is 1. The Hall–Kier alpha value is -0.810. The third-order valence-electron chi connectivity index (χ3n) is 1.15. The van der Waals surface area contributed by atoms with Crippen molar-refractivity contribution in [2.24, 2.45) is 0 Å². The van der Waals surface area contributed by atoms with Gasteiger partial charge < -0.3 is 20.5 Å². The summed E-state index contributed by atoms with van der Waals surface area (Å²) >= 11 is 0. The Morgan fingerprint density at radius 2 is 2.36 bits per heavy atom. The molecule has 0 saturated carbocycles. The van der Waals surface area contributed by atoms with E-state index in [4.69, 9.17) is 9.84 Å². The predicted molar refractivity (Wildman–Crippen MR) is 40.3 cm³/mol. The van der Waals surface area contributed by atoms with Gasteiger partial charge in [-0.2, -0.15) is 0 Å². The highest BCUT2D eigenvalue weighted by Crippen LogP contribution is 1.82. The number of carbonyl (C=O) groups is 1. The highest BCUT2D eigenvalue weighted by atomic mass is 16.5. The van der Waals surface area contributed by atoms with Crippen LogP contribution in [0.1, 0.15) is 0 Å². The molecule has 0 aromatic rings. The Morgan fingerprint density at radius 1 is 1.73 bits per heavy atom. The van der Waals surface area contributed by atoms with E-state index in [-0.39, 0.29) is 18.7 Å². The first-order chi connectivity index (χ1) is 5.24. The van der Waals surface area contributed by atoms with Gasteiger partial charge in [0.1, 0.15) is 0 Å². The van der Waals surface area contributed by atoms with E-state index in [1.807, 2.05) is 0 Å². The molecule has 3 N–H and O–H groups in total. The first-order valence-corrected chi connectivity index (χ1v) is 3.32. The number of hydrogen-bond donors (Lipinski definition) is 3. The normalized spacial score (nSPS) is 12.3. The molecular weight excluding hydrogens is 148 g/mol. The van der Waals surface area contributed by atoms with Gasteiger partial charge >= 0.3 is 6.03 Å². The second-order valence-corrected chi connectivity index (χ2v) is 2.06. The zero-order chi connectivity index (χ0) is 8.69. The van der Waals surface area contributed by atoms with Crippen molar-refractivity contribution in [2.75, 3.05) is 27.4 Å². The molecule has 0 heterocycles. The zero-order valence-corrected chi connectivity index (χ0v) is 6.76. The molecule has 0 aliphatic carbocycles. The molecule has 0 aromatic carbocycles. The second kappa shape index (κ2) is 5.94.